The van der Waals surface area contributed by atoms with Crippen molar-refractivity contribution < 1.29 is 14.7 Å². The third-order valence-electron chi connectivity index (χ3n) is 5.61. The van der Waals surface area contributed by atoms with Crippen molar-refractivity contribution in [2.75, 3.05) is 32.0 Å². The van der Waals surface area contributed by atoms with Crippen LogP contribution in [0, 0.1) is 0 Å². The Morgan fingerprint density at radius 1 is 1.16 bits per heavy atom. The van der Waals surface area contributed by atoms with E-state index in [-0.39, 0.29) is 11.9 Å². The van der Waals surface area contributed by atoms with Crippen LogP contribution in [0.2, 0.25) is 5.02 Å². The SMILES string of the molecule is CNc1cccc(-c2cc(Cl)c3ccc(C(=O)N4CCN(C(=O)O)C(C)C4)cc3n2)c1. The standard InChI is InChI=1S/C23H23ClN4O3/c1-14-13-27(8-9-28(14)23(30)31)22(29)16-6-7-18-19(24)12-20(26-21(18)11-16)15-4-3-5-17(10-15)25-2/h3-7,10-12,14,25H,8-9,13H2,1-2H3,(H,30,31). The van der Waals surface area contributed by atoms with Gasteiger partial charge in [0.05, 0.1) is 16.2 Å². The second kappa shape index (κ2) is 8.43. The molecule has 0 saturated carbocycles. The molecule has 2 heterocycles. The highest BCUT2D eigenvalue weighted by Gasteiger charge is 2.30. The van der Waals surface area contributed by atoms with Crippen molar-refractivity contribution in [2.24, 2.45) is 0 Å². The van der Waals surface area contributed by atoms with Gasteiger partial charge in [-0.25, -0.2) is 9.78 Å². The fourth-order valence-electron chi connectivity index (χ4n) is 3.91. The van der Waals surface area contributed by atoms with E-state index in [4.69, 9.17) is 16.6 Å². The van der Waals surface area contributed by atoms with E-state index in [2.05, 4.69) is 5.32 Å². The molecule has 1 aliphatic rings. The molecule has 2 amide bonds. The number of carbonyl (C=O) groups excluding carboxylic acids is 1. The number of anilines is 1. The van der Waals surface area contributed by atoms with Gasteiger partial charge in [0, 0.05) is 54.9 Å². The second-order valence-corrected chi connectivity index (χ2v) is 8.04. The number of aromatic nitrogens is 1. The first-order chi connectivity index (χ1) is 14.9. The van der Waals surface area contributed by atoms with Gasteiger partial charge in [0.1, 0.15) is 0 Å². The number of hydrogen-bond acceptors (Lipinski definition) is 4. The van der Waals surface area contributed by atoms with E-state index in [1.807, 2.05) is 43.4 Å². The normalized spacial score (nSPS) is 16.4. The maximum Gasteiger partial charge on any atom is 0.407 e. The minimum atomic E-state index is -0.959. The summed E-state index contributed by atoms with van der Waals surface area (Å²) in [6.07, 6.45) is -0.959. The molecule has 2 aromatic carbocycles. The average molecular weight is 439 g/mol. The van der Waals surface area contributed by atoms with Crippen molar-refractivity contribution in [1.82, 2.24) is 14.8 Å². The highest BCUT2D eigenvalue weighted by Crippen LogP contribution is 2.30. The summed E-state index contributed by atoms with van der Waals surface area (Å²) in [5.41, 5.74) is 3.76. The molecule has 0 radical (unpaired) electrons. The van der Waals surface area contributed by atoms with Crippen molar-refractivity contribution in [3.8, 4) is 11.3 Å². The number of pyridine rings is 1. The van der Waals surface area contributed by atoms with E-state index in [0.29, 0.717) is 35.7 Å². The summed E-state index contributed by atoms with van der Waals surface area (Å²) in [5.74, 6) is -0.140. The molecule has 4 rings (SSSR count). The van der Waals surface area contributed by atoms with Gasteiger partial charge in [-0.05, 0) is 37.3 Å². The molecule has 0 bridgehead atoms. The van der Waals surface area contributed by atoms with Crippen LogP contribution < -0.4 is 5.32 Å². The summed E-state index contributed by atoms with van der Waals surface area (Å²) < 4.78 is 0. The number of hydrogen-bond donors (Lipinski definition) is 2. The number of rotatable bonds is 3. The van der Waals surface area contributed by atoms with Crippen LogP contribution >= 0.6 is 11.6 Å². The summed E-state index contributed by atoms with van der Waals surface area (Å²) in [6.45, 7) is 2.82. The van der Waals surface area contributed by atoms with Crippen molar-refractivity contribution in [2.45, 2.75) is 13.0 Å². The Kier molecular flexibility index (Phi) is 5.69. The molecule has 1 atom stereocenters. The Hall–Kier alpha value is -3.32. The van der Waals surface area contributed by atoms with Gasteiger partial charge in [0.25, 0.3) is 5.91 Å². The zero-order chi connectivity index (χ0) is 22.1. The molecule has 3 aromatic rings. The summed E-state index contributed by atoms with van der Waals surface area (Å²) >= 11 is 6.52. The van der Waals surface area contributed by atoms with Gasteiger partial charge < -0.3 is 20.2 Å². The Balaban J connectivity index is 1.65. The molecule has 1 unspecified atom stereocenters. The van der Waals surface area contributed by atoms with Crippen LogP contribution in [0.3, 0.4) is 0 Å². The number of carbonyl (C=O) groups is 2. The van der Waals surface area contributed by atoms with Gasteiger partial charge in [-0.3, -0.25) is 4.79 Å². The quantitative estimate of drug-likeness (QED) is 0.632. The third kappa shape index (κ3) is 4.14. The molecule has 1 saturated heterocycles. The predicted octanol–water partition coefficient (Wildman–Crippen LogP) is 4.42. The summed E-state index contributed by atoms with van der Waals surface area (Å²) in [7, 11) is 1.86. The molecule has 0 spiro atoms. The van der Waals surface area contributed by atoms with E-state index in [9.17, 15) is 14.7 Å². The summed E-state index contributed by atoms with van der Waals surface area (Å²) in [6, 6.07) is 14.7. The molecule has 31 heavy (non-hydrogen) atoms. The highest BCUT2D eigenvalue weighted by atomic mass is 35.5. The van der Waals surface area contributed by atoms with Crippen molar-refractivity contribution in [3.05, 3.63) is 59.1 Å². The van der Waals surface area contributed by atoms with Crippen LogP contribution in [0.15, 0.2) is 48.5 Å². The molecular formula is C23H23ClN4O3. The fourth-order valence-corrected chi connectivity index (χ4v) is 4.17. The zero-order valence-corrected chi connectivity index (χ0v) is 18.1. The molecule has 1 fully saturated rings. The Morgan fingerprint density at radius 3 is 2.68 bits per heavy atom. The van der Waals surface area contributed by atoms with Crippen molar-refractivity contribution in [1.29, 1.82) is 0 Å². The molecule has 8 heteroatoms. The number of carboxylic acid groups (broad SMARTS) is 1. The number of nitrogens with one attached hydrogen (secondary N) is 1. The summed E-state index contributed by atoms with van der Waals surface area (Å²) in [4.78, 5) is 32.2. The van der Waals surface area contributed by atoms with Crippen LogP contribution in [-0.4, -0.2) is 64.6 Å². The van der Waals surface area contributed by atoms with E-state index >= 15 is 0 Å². The van der Waals surface area contributed by atoms with Crippen LogP contribution in [0.25, 0.3) is 22.2 Å². The van der Waals surface area contributed by atoms with Gasteiger partial charge in [0.2, 0.25) is 0 Å². The van der Waals surface area contributed by atoms with Crippen LogP contribution in [-0.2, 0) is 0 Å². The Labute approximate surface area is 185 Å². The topological polar surface area (TPSA) is 85.8 Å². The van der Waals surface area contributed by atoms with E-state index in [0.717, 1.165) is 22.3 Å². The minimum Gasteiger partial charge on any atom is -0.465 e. The first-order valence-electron chi connectivity index (χ1n) is 10.0. The number of piperazine rings is 1. The molecule has 1 aromatic heterocycles. The number of benzene rings is 2. The lowest BCUT2D eigenvalue weighted by Crippen LogP contribution is -2.55. The Morgan fingerprint density at radius 2 is 1.97 bits per heavy atom. The van der Waals surface area contributed by atoms with Crippen LogP contribution in [0.4, 0.5) is 10.5 Å². The molecule has 2 N–H and O–H groups in total. The maximum atomic E-state index is 13.1. The summed E-state index contributed by atoms with van der Waals surface area (Å²) in [5, 5.41) is 13.7. The minimum absolute atomic E-state index is 0.140. The van der Waals surface area contributed by atoms with Gasteiger partial charge in [0.15, 0.2) is 0 Å². The van der Waals surface area contributed by atoms with Gasteiger partial charge in [-0.2, -0.15) is 0 Å². The fraction of sp³-hybridized carbons (Fsp3) is 0.261. The molecule has 1 aliphatic heterocycles. The number of nitrogens with zero attached hydrogens (tertiary/aromatic N) is 3. The van der Waals surface area contributed by atoms with E-state index < -0.39 is 6.09 Å². The van der Waals surface area contributed by atoms with Crippen molar-refractivity contribution >= 4 is 40.2 Å². The lowest BCUT2D eigenvalue weighted by atomic mass is 10.1. The van der Waals surface area contributed by atoms with Gasteiger partial charge >= 0.3 is 6.09 Å². The average Bonchev–Trinajstić information content (AvgIpc) is 2.77. The first-order valence-corrected chi connectivity index (χ1v) is 10.4. The van der Waals surface area contributed by atoms with Crippen LogP contribution in [0.1, 0.15) is 17.3 Å². The molecule has 0 aliphatic carbocycles. The van der Waals surface area contributed by atoms with E-state index in [1.165, 1.54) is 4.90 Å². The molecular weight excluding hydrogens is 416 g/mol. The Bertz CT molecular complexity index is 1170. The number of fused-ring (bicyclic) bond motifs is 1. The van der Waals surface area contributed by atoms with Gasteiger partial charge in [-0.1, -0.05) is 29.8 Å². The van der Waals surface area contributed by atoms with Gasteiger partial charge in [-0.15, -0.1) is 0 Å². The maximum absolute atomic E-state index is 13.1. The smallest absolute Gasteiger partial charge is 0.407 e. The zero-order valence-electron chi connectivity index (χ0n) is 17.3. The number of amides is 2. The predicted molar refractivity (Wildman–Crippen MR) is 122 cm³/mol. The van der Waals surface area contributed by atoms with Crippen molar-refractivity contribution in [3.63, 3.8) is 0 Å². The monoisotopic (exact) mass is 438 g/mol. The molecule has 160 valence electrons. The lowest BCUT2D eigenvalue weighted by Gasteiger charge is -2.38. The third-order valence-corrected chi connectivity index (χ3v) is 5.93. The molecule has 7 nitrogen and oxygen atoms in total. The highest BCUT2D eigenvalue weighted by molar-refractivity contribution is 6.35. The first kappa shape index (κ1) is 20.9. The second-order valence-electron chi connectivity index (χ2n) is 7.63. The largest absolute Gasteiger partial charge is 0.465 e. The number of halogens is 1. The van der Waals surface area contributed by atoms with E-state index in [1.54, 1.807) is 24.0 Å². The lowest BCUT2D eigenvalue weighted by molar-refractivity contribution is 0.0507. The van der Waals surface area contributed by atoms with Crippen LogP contribution in [0.5, 0.6) is 0 Å².